The highest BCUT2D eigenvalue weighted by molar-refractivity contribution is 5.86. The number of carbonyl (C=O) groups excluding carboxylic acids is 1. The predicted octanol–water partition coefficient (Wildman–Crippen LogP) is 6.16. The minimum Gasteiger partial charge on any atom is -0.342 e. The van der Waals surface area contributed by atoms with Crippen molar-refractivity contribution in [1.82, 2.24) is 25.1 Å². The number of aromatic amines is 1. The van der Waals surface area contributed by atoms with Crippen LogP contribution < -0.4 is 0 Å². The van der Waals surface area contributed by atoms with E-state index < -0.39 is 60.6 Å². The molecule has 2 atom stereocenters. The maximum Gasteiger partial charge on any atom is 0.282 e. The van der Waals surface area contributed by atoms with Crippen molar-refractivity contribution < 1.29 is 35.5 Å². The Morgan fingerprint density at radius 1 is 1.05 bits per heavy atom. The van der Waals surface area contributed by atoms with Gasteiger partial charge in [0.15, 0.2) is 5.82 Å². The molecule has 2 aliphatic rings. The van der Waals surface area contributed by atoms with E-state index in [4.69, 9.17) is 0 Å². The zero-order valence-electron chi connectivity index (χ0n) is 20.9. The first-order valence-electron chi connectivity index (χ1n) is 12.7. The van der Waals surface area contributed by atoms with Crippen molar-refractivity contribution in [1.29, 1.82) is 0 Å². The van der Waals surface area contributed by atoms with Gasteiger partial charge in [0.2, 0.25) is 11.8 Å². The molecule has 2 fully saturated rings. The van der Waals surface area contributed by atoms with E-state index in [1.807, 2.05) is 0 Å². The molecule has 1 unspecified atom stereocenters. The first-order chi connectivity index (χ1) is 18.3. The Bertz CT molecular complexity index is 1340. The summed E-state index contributed by atoms with van der Waals surface area (Å²) in [5, 5.41) is 7.41. The van der Waals surface area contributed by atoms with Gasteiger partial charge in [-0.25, -0.2) is 35.7 Å². The van der Waals surface area contributed by atoms with Crippen LogP contribution in [0.25, 0.3) is 11.0 Å². The average molecular weight is 558 g/mol. The minimum atomic E-state index is -2.95. The number of halogens is 7. The molecule has 39 heavy (non-hydrogen) atoms. The normalized spacial score (nSPS) is 20.7. The molecule has 3 heterocycles. The molecule has 6 nitrogen and oxygen atoms in total. The highest BCUT2D eigenvalue weighted by atomic mass is 19.3. The van der Waals surface area contributed by atoms with Crippen LogP contribution in [0.5, 0.6) is 0 Å². The highest BCUT2D eigenvalue weighted by Crippen LogP contribution is 2.43. The van der Waals surface area contributed by atoms with Crippen molar-refractivity contribution in [3.8, 4) is 0 Å². The van der Waals surface area contributed by atoms with Crippen LogP contribution in [0.4, 0.5) is 30.7 Å². The monoisotopic (exact) mass is 557 g/mol. The number of alkyl halides is 6. The zero-order chi connectivity index (χ0) is 28.1. The molecular formula is C26H26F7N5O. The lowest BCUT2D eigenvalue weighted by Crippen LogP contribution is -2.59. The third-order valence-electron chi connectivity index (χ3n) is 7.71. The van der Waals surface area contributed by atoms with E-state index >= 15 is 4.39 Å². The number of imidazole rings is 1. The Morgan fingerprint density at radius 2 is 1.74 bits per heavy atom. The van der Waals surface area contributed by atoms with Gasteiger partial charge < -0.3 is 9.88 Å². The van der Waals surface area contributed by atoms with Gasteiger partial charge in [-0.15, -0.1) is 5.10 Å². The average Bonchev–Trinajstić information content (AvgIpc) is 3.31. The fraction of sp³-hybridized carbons (Fsp3) is 0.538. The molecule has 1 aliphatic carbocycles. The SMILES string of the molecule is CC(C(=O)N1CC(F)(F)C1)c1ccc2[nH]c([C@@H](Cc3ccc(C(F)F)nn3)C3CCC(F)(F)CC3)nc2c1F. The van der Waals surface area contributed by atoms with E-state index in [1.54, 1.807) is 0 Å². The maximum atomic E-state index is 15.6. The lowest BCUT2D eigenvalue weighted by atomic mass is 9.76. The standard InChI is InChI=1S/C26H26F7N5O/c1-13(24(39)38-11-26(32,33)12-38)16-3-5-18-21(20(16)27)35-23(34-18)17(14-6-8-25(30,31)9-7-14)10-15-2-4-19(22(28)29)37-36-15/h2-5,13-14,17,22H,6-12H2,1H3,(H,34,35)/t13?,17-/m0/s1. The van der Waals surface area contributed by atoms with Gasteiger partial charge in [0.1, 0.15) is 17.0 Å². The second kappa shape index (κ2) is 10.1. The molecule has 210 valence electrons. The Labute approximate surface area is 219 Å². The summed E-state index contributed by atoms with van der Waals surface area (Å²) < 4.78 is 95.6. The van der Waals surface area contributed by atoms with E-state index in [0.717, 1.165) is 11.0 Å². The number of aromatic nitrogens is 4. The molecule has 1 saturated heterocycles. The van der Waals surface area contributed by atoms with Crippen LogP contribution in [0.15, 0.2) is 24.3 Å². The lowest BCUT2D eigenvalue weighted by Gasteiger charge is -2.40. The molecule has 13 heteroatoms. The van der Waals surface area contributed by atoms with Crippen LogP contribution in [0.3, 0.4) is 0 Å². The molecule has 1 aromatic carbocycles. The predicted molar refractivity (Wildman–Crippen MR) is 126 cm³/mol. The van der Waals surface area contributed by atoms with E-state index in [0.29, 0.717) is 17.0 Å². The molecular weight excluding hydrogens is 531 g/mol. The maximum absolute atomic E-state index is 15.6. The van der Waals surface area contributed by atoms with Crippen LogP contribution in [-0.2, 0) is 11.2 Å². The van der Waals surface area contributed by atoms with E-state index in [9.17, 15) is 31.1 Å². The summed E-state index contributed by atoms with van der Waals surface area (Å²) in [7, 11) is 0. The summed E-state index contributed by atoms with van der Waals surface area (Å²) in [5.74, 6) is -8.61. The van der Waals surface area contributed by atoms with Crippen molar-refractivity contribution in [3.63, 3.8) is 0 Å². The van der Waals surface area contributed by atoms with Gasteiger partial charge in [0.25, 0.3) is 12.3 Å². The highest BCUT2D eigenvalue weighted by Gasteiger charge is 2.47. The number of amides is 1. The second-order valence-corrected chi connectivity index (χ2v) is 10.5. The number of hydrogen-bond donors (Lipinski definition) is 1. The number of nitrogens with zero attached hydrogens (tertiary/aromatic N) is 4. The zero-order valence-corrected chi connectivity index (χ0v) is 20.9. The number of hydrogen-bond acceptors (Lipinski definition) is 4. The quantitative estimate of drug-likeness (QED) is 0.353. The molecule has 2 aromatic heterocycles. The number of carbonyl (C=O) groups is 1. The van der Waals surface area contributed by atoms with Gasteiger partial charge >= 0.3 is 0 Å². The van der Waals surface area contributed by atoms with E-state index in [-0.39, 0.29) is 49.1 Å². The van der Waals surface area contributed by atoms with Gasteiger partial charge in [-0.3, -0.25) is 4.79 Å². The molecule has 1 amide bonds. The number of fused-ring (bicyclic) bond motifs is 1. The summed E-state index contributed by atoms with van der Waals surface area (Å²) in [4.78, 5) is 21.1. The van der Waals surface area contributed by atoms with E-state index in [1.165, 1.54) is 25.1 Å². The molecule has 0 bridgehead atoms. The molecule has 0 radical (unpaired) electrons. The van der Waals surface area contributed by atoms with Crippen LogP contribution >= 0.6 is 0 Å². The van der Waals surface area contributed by atoms with Crippen LogP contribution in [-0.4, -0.2) is 55.9 Å². The molecule has 1 aliphatic heterocycles. The number of benzene rings is 1. The molecule has 1 N–H and O–H groups in total. The largest absolute Gasteiger partial charge is 0.342 e. The summed E-state index contributed by atoms with van der Waals surface area (Å²) in [5.41, 5.74) is 0.113. The van der Waals surface area contributed by atoms with Gasteiger partial charge in [-0.2, -0.15) is 5.10 Å². The third kappa shape index (κ3) is 5.58. The van der Waals surface area contributed by atoms with Crippen LogP contribution in [0.1, 0.15) is 73.6 Å². The Kier molecular flexibility index (Phi) is 7.04. The Hall–Kier alpha value is -3.25. The van der Waals surface area contributed by atoms with Crippen LogP contribution in [0.2, 0.25) is 0 Å². The van der Waals surface area contributed by atoms with Crippen molar-refractivity contribution in [2.24, 2.45) is 5.92 Å². The fourth-order valence-electron chi connectivity index (χ4n) is 5.43. The number of rotatable bonds is 7. The summed E-state index contributed by atoms with van der Waals surface area (Å²) in [6, 6.07) is 5.47. The molecule has 0 spiro atoms. The lowest BCUT2D eigenvalue weighted by molar-refractivity contribution is -0.166. The molecule has 5 rings (SSSR count). The van der Waals surface area contributed by atoms with Crippen molar-refractivity contribution in [3.05, 3.63) is 52.9 Å². The van der Waals surface area contributed by atoms with Gasteiger partial charge in [0, 0.05) is 30.7 Å². The molecule has 1 saturated carbocycles. The third-order valence-corrected chi connectivity index (χ3v) is 7.71. The number of H-pyrrole nitrogens is 1. The number of likely N-dealkylation sites (tertiary alicyclic amines) is 1. The van der Waals surface area contributed by atoms with Gasteiger partial charge in [0.05, 0.1) is 30.2 Å². The van der Waals surface area contributed by atoms with Gasteiger partial charge in [-0.05, 0) is 43.9 Å². The Morgan fingerprint density at radius 3 is 2.33 bits per heavy atom. The topological polar surface area (TPSA) is 74.8 Å². The van der Waals surface area contributed by atoms with Crippen LogP contribution in [0, 0.1) is 11.7 Å². The minimum absolute atomic E-state index is 0.00285. The smallest absolute Gasteiger partial charge is 0.282 e. The summed E-state index contributed by atoms with van der Waals surface area (Å²) >= 11 is 0. The van der Waals surface area contributed by atoms with Crippen molar-refractivity contribution in [2.75, 3.05) is 13.1 Å². The summed E-state index contributed by atoms with van der Waals surface area (Å²) in [6.45, 7) is 0.00905. The second-order valence-electron chi connectivity index (χ2n) is 10.5. The fourth-order valence-corrected chi connectivity index (χ4v) is 5.43. The summed E-state index contributed by atoms with van der Waals surface area (Å²) in [6.07, 6.45) is -2.93. The molecule has 3 aromatic rings. The van der Waals surface area contributed by atoms with Gasteiger partial charge in [-0.1, -0.05) is 6.07 Å². The first kappa shape index (κ1) is 27.3. The Balaban J connectivity index is 1.44. The number of nitrogens with one attached hydrogen (secondary N) is 1. The van der Waals surface area contributed by atoms with Crippen molar-refractivity contribution in [2.45, 2.75) is 69.1 Å². The van der Waals surface area contributed by atoms with E-state index in [2.05, 4.69) is 20.2 Å². The van der Waals surface area contributed by atoms with Crippen molar-refractivity contribution >= 4 is 16.9 Å². The first-order valence-corrected chi connectivity index (χ1v) is 12.7.